The van der Waals surface area contributed by atoms with Gasteiger partial charge in [0.25, 0.3) is 0 Å². The maximum atomic E-state index is 10.1. The van der Waals surface area contributed by atoms with Crippen LogP contribution in [-0.2, 0) is 74.0 Å². The summed E-state index contributed by atoms with van der Waals surface area (Å²) in [6.07, 6.45) is -9.18. The van der Waals surface area contributed by atoms with Gasteiger partial charge in [0.15, 0.2) is 29.4 Å². The summed E-state index contributed by atoms with van der Waals surface area (Å²) in [5.41, 5.74) is 0. The third-order valence-corrected chi connectivity index (χ3v) is 31.7. The molecule has 0 aromatic carbocycles. The van der Waals surface area contributed by atoms with Crippen molar-refractivity contribution in [2.75, 3.05) is 66.8 Å². The van der Waals surface area contributed by atoms with E-state index in [0.29, 0.717) is 28.2 Å². The molecule has 7 rings (SSSR count). The largest absolute Gasteiger partial charge is 0.394 e. The van der Waals surface area contributed by atoms with Crippen LogP contribution in [-0.4, -0.2) is 271 Å². The van der Waals surface area contributed by atoms with E-state index in [-0.39, 0.29) is 110 Å². The lowest BCUT2D eigenvalue weighted by atomic mass is 9.89. The molecule has 0 amide bonds. The van der Waals surface area contributed by atoms with Crippen LogP contribution in [0, 0.1) is 69.6 Å². The van der Waals surface area contributed by atoms with E-state index < -0.39 is 125 Å². The Morgan fingerprint density at radius 3 is 1.29 bits per heavy atom. The summed E-state index contributed by atoms with van der Waals surface area (Å²) < 4.78 is 49.7. The van der Waals surface area contributed by atoms with Crippen LogP contribution >= 0.6 is 77.8 Å². The number of hydrogen-bond donors (Lipinski definition) is 13. The van der Waals surface area contributed by atoms with E-state index in [2.05, 4.69) is 140 Å². The van der Waals surface area contributed by atoms with Gasteiger partial charge in [-0.1, -0.05) is 97.7 Å². The molecule has 0 spiro atoms. The molecule has 7 aliphatic heterocycles. The molecule has 0 radical (unpaired) electrons. The van der Waals surface area contributed by atoms with Gasteiger partial charge in [-0.15, -0.1) is 9.24 Å². The van der Waals surface area contributed by atoms with Crippen molar-refractivity contribution >= 4 is 110 Å². The standard InChI is InChI=1S/C15H32O4P3S.C12H23O7S.C12H25O7S.C8H19O4P3.C8H16S.CH5P.2CH4.3CH3/c1-5-12-9(3)8(2)6-23(12)7-11-10(4)13(17-20)14(18-21)15(16-11)19-22;1-5-7(19-12(18)11(17)9(5)15)4-20-3-6(14)10(16)8(20)2-13;1-6(11(18)7(15)2-13)8(16)4-20-5-9(17)12(19)10(20)3-14;1-3-5-4(2)6(10-13)7(11-14)8(9-5)12-15;1-4-8-7(3)6(2)5-9-8;1-2;;;;;/h8-15H,5-7,20-22H2,1-4H3;5-18H,2-4H2,1H3;6-19H,2-5H2,1H3;4-8H,3,13-15H2,1-2H3;6-8H,4-5H2,1-3H3;2H2,1H3;2*1H4;3*1H3/q3*+1;;;;;;3*-1/t8-,9+,10?,11-,12-,13+,14?,15?,23?;5?,6-,7-,8-,9+,10+,11?,12?,20?;6?,7?,8-,9-,10-,11+,12+,20?;4?,5-,6+,7?,8?;6-,7+,8-;;;;;;/m11111....../s1. The lowest BCUT2D eigenvalue weighted by Gasteiger charge is -2.43. The van der Waals surface area contributed by atoms with Gasteiger partial charge in [-0.25, -0.2) is 0 Å². The number of aliphatic hydroxyl groups excluding tert-OH is 13. The minimum atomic E-state index is -1.44. The van der Waals surface area contributed by atoms with Gasteiger partial charge in [-0.2, -0.15) is 11.8 Å². The second-order valence-corrected chi connectivity index (χ2v) is 34.5. The average Bonchev–Trinajstić information content (AvgIpc) is 1.02. The molecule has 7 saturated heterocycles. The molecule has 21 unspecified atom stereocenters. The predicted molar refractivity (Wildman–Crippen MR) is 415 cm³/mol. The first-order valence-electron chi connectivity index (χ1n) is 31.0. The van der Waals surface area contributed by atoms with Crippen molar-refractivity contribution < 1.29 is 108 Å². The van der Waals surface area contributed by atoms with E-state index in [9.17, 15) is 61.3 Å². The van der Waals surface area contributed by atoms with Gasteiger partial charge in [0.05, 0.1) is 50.3 Å². The fourth-order valence-corrected chi connectivity index (χ4v) is 25.4. The molecular formula is C61H137O22P7S4. The monoisotopic (exact) mass is 1570 g/mol. The minimum Gasteiger partial charge on any atom is -0.394 e. The van der Waals surface area contributed by atoms with Crippen LogP contribution in [0.2, 0.25) is 0 Å². The Balaban J connectivity index is -0.000000539. The molecule has 7 aliphatic rings. The highest BCUT2D eigenvalue weighted by molar-refractivity contribution is 8.00. The van der Waals surface area contributed by atoms with Gasteiger partial charge in [-0.3, -0.25) is 0 Å². The van der Waals surface area contributed by atoms with E-state index in [1.165, 1.54) is 24.3 Å². The van der Waals surface area contributed by atoms with E-state index >= 15 is 0 Å². The lowest BCUT2D eigenvalue weighted by Crippen LogP contribution is -2.56. The van der Waals surface area contributed by atoms with Crippen LogP contribution in [0.4, 0.5) is 0 Å². The molecule has 94 heavy (non-hydrogen) atoms. The third-order valence-electron chi connectivity index (χ3n) is 19.0. The average molecular weight is 1570 g/mol. The second-order valence-electron chi connectivity index (χ2n) is 24.5. The molecule has 0 aromatic heterocycles. The molecule has 13 N–H and O–H groups in total. The normalized spacial score (nSPS) is 41.7. The zero-order valence-electron chi connectivity index (χ0n) is 57.3. The van der Waals surface area contributed by atoms with Crippen LogP contribution in [0.5, 0.6) is 0 Å². The van der Waals surface area contributed by atoms with Gasteiger partial charge in [0.2, 0.25) is 0 Å². The number of ether oxygens (including phenoxy) is 3. The van der Waals surface area contributed by atoms with Crippen LogP contribution in [0.3, 0.4) is 0 Å². The Kier molecular flexibility index (Phi) is 58.9. The molecule has 22 nitrogen and oxygen atoms in total. The SMILES string of the molecule is C.C.CC([C@H](O)C(O)CO)[C@H](O)C[S+]1C[C@@H](O)[C@H](O)[C@H]1CO.CC1[C@H](O)C(O)C(O)O[C@@H]1C[S+]1C[C@@H](O)[C@H](O)[C@H]1CO.CC[C@@H]1[C@@H](C)[C@H](C)C[S+]1C[C@H]1OC(OP)C(OP)[C@@H](OP)C1C.CC[C@H]1OC(OP)C(OP)[C@@H](OP)C1C.CC[C@H]1SC[C@@H](C)[C@@H]1C.CP.[CH3-].[CH3-].[CH3-]. The highest BCUT2D eigenvalue weighted by atomic mass is 32.2. The Bertz CT molecular complexity index is 1870. The summed E-state index contributed by atoms with van der Waals surface area (Å²) in [6.45, 7) is 24.7. The molecule has 0 bridgehead atoms. The highest BCUT2D eigenvalue weighted by Crippen LogP contribution is 2.42. The number of rotatable bonds is 21. The van der Waals surface area contributed by atoms with E-state index in [0.717, 1.165) is 46.3 Å². The third kappa shape index (κ3) is 28.7. The number of hydrogen-bond acceptors (Lipinski definition) is 23. The minimum absolute atomic E-state index is 0. The van der Waals surface area contributed by atoms with Crippen molar-refractivity contribution in [3.05, 3.63) is 22.3 Å². The maximum absolute atomic E-state index is 10.1. The molecule has 7 fully saturated rings. The van der Waals surface area contributed by atoms with Crippen LogP contribution in [0.1, 0.15) is 110 Å². The first kappa shape index (κ1) is 104. The number of thioether (sulfide) groups is 1. The van der Waals surface area contributed by atoms with Crippen molar-refractivity contribution in [3.8, 4) is 0 Å². The van der Waals surface area contributed by atoms with Gasteiger partial charge in [-0.05, 0) is 47.7 Å². The second kappa shape index (κ2) is 53.3. The molecule has 33 heteroatoms. The molecule has 0 aliphatic carbocycles. The Morgan fingerprint density at radius 1 is 0.479 bits per heavy atom. The van der Waals surface area contributed by atoms with Crippen LogP contribution in [0.25, 0.3) is 0 Å². The lowest BCUT2D eigenvalue weighted by molar-refractivity contribution is -0.260. The van der Waals surface area contributed by atoms with Crippen molar-refractivity contribution in [2.45, 2.75) is 248 Å². The van der Waals surface area contributed by atoms with Crippen molar-refractivity contribution in [1.29, 1.82) is 0 Å². The Labute approximate surface area is 598 Å². The summed E-state index contributed by atoms with van der Waals surface area (Å²) in [5, 5.41) is 125. The zero-order chi connectivity index (χ0) is 67.9. The first-order chi connectivity index (χ1) is 42.1. The summed E-state index contributed by atoms with van der Waals surface area (Å²) in [7, 11) is 15.5. The summed E-state index contributed by atoms with van der Waals surface area (Å²) in [4.78, 5) is 0. The maximum Gasteiger partial charge on any atom is 0.190 e. The fourth-order valence-electron chi connectivity index (χ4n) is 12.5. The zero-order valence-corrected chi connectivity index (χ0v) is 68.6. The van der Waals surface area contributed by atoms with E-state index in [4.69, 9.17) is 46.5 Å². The van der Waals surface area contributed by atoms with E-state index in [1.54, 1.807) is 13.8 Å². The Morgan fingerprint density at radius 2 is 0.904 bits per heavy atom. The van der Waals surface area contributed by atoms with Gasteiger partial charge in [0, 0.05) is 119 Å². The molecule has 0 saturated carbocycles. The quantitative estimate of drug-likeness (QED) is 0.0435. The molecule has 0 aromatic rings. The summed E-state index contributed by atoms with van der Waals surface area (Å²) in [6, 6.07) is 0. The molecule has 572 valence electrons. The van der Waals surface area contributed by atoms with Crippen molar-refractivity contribution in [3.63, 3.8) is 0 Å². The summed E-state index contributed by atoms with van der Waals surface area (Å²) >= 11 is 2.16. The molecule has 7 heterocycles. The molecular weight excluding hydrogens is 1430 g/mol. The smallest absolute Gasteiger partial charge is 0.190 e. The van der Waals surface area contributed by atoms with Crippen LogP contribution < -0.4 is 0 Å². The summed E-state index contributed by atoms with van der Waals surface area (Å²) in [5.74, 6) is 8.16. The predicted octanol–water partition coefficient (Wildman–Crippen LogP) is 4.19. The van der Waals surface area contributed by atoms with Gasteiger partial charge < -0.3 is 130 Å². The topological polar surface area (TPSA) is 346 Å². The van der Waals surface area contributed by atoms with Crippen molar-refractivity contribution in [2.24, 2.45) is 47.3 Å². The van der Waals surface area contributed by atoms with E-state index in [1.807, 2.05) is 6.66 Å². The highest BCUT2D eigenvalue weighted by Gasteiger charge is 2.55. The molecule has 41 atom stereocenters. The number of aliphatic hydroxyl groups is 13. The first-order valence-corrected chi connectivity index (χ1v) is 40.9. The Hall–Kier alpha value is 3.53. The van der Waals surface area contributed by atoms with Crippen molar-refractivity contribution in [1.82, 2.24) is 0 Å². The fraction of sp³-hybridized carbons (Fsp3) is 0.951. The van der Waals surface area contributed by atoms with Gasteiger partial charge in [0.1, 0.15) is 107 Å². The van der Waals surface area contributed by atoms with Crippen LogP contribution in [0.15, 0.2) is 0 Å². The van der Waals surface area contributed by atoms with Gasteiger partial charge >= 0.3 is 0 Å².